The summed E-state index contributed by atoms with van der Waals surface area (Å²) in [5.74, 6) is 0.104. The summed E-state index contributed by atoms with van der Waals surface area (Å²) in [6.07, 6.45) is 3.23. The molecule has 0 atom stereocenters. The maximum Gasteiger partial charge on any atom is 0.164 e. The van der Waals surface area contributed by atoms with E-state index in [-0.39, 0.29) is 45.5 Å². The van der Waals surface area contributed by atoms with Crippen molar-refractivity contribution in [2.24, 2.45) is 10.8 Å². The first-order valence-corrected chi connectivity index (χ1v) is 12.0. The Bertz CT molecular complexity index is 1410. The van der Waals surface area contributed by atoms with Gasteiger partial charge in [0.05, 0.1) is 0 Å². The van der Waals surface area contributed by atoms with Crippen molar-refractivity contribution in [1.82, 2.24) is 4.98 Å². The minimum Gasteiger partial charge on any atom is -0.512 e. The van der Waals surface area contributed by atoms with Crippen molar-refractivity contribution in [3.8, 4) is 11.3 Å². The van der Waals surface area contributed by atoms with E-state index in [4.69, 9.17) is 0 Å². The second kappa shape index (κ2) is 12.7. The number of nitrogens with zero attached hydrogens (tertiary/aromatic N) is 1. The third-order valence-electron chi connectivity index (χ3n) is 5.90. The minimum atomic E-state index is -0.417. The van der Waals surface area contributed by atoms with Crippen LogP contribution in [0.3, 0.4) is 0 Å². The summed E-state index contributed by atoms with van der Waals surface area (Å²) in [5.41, 5.74) is 3.80. The molecule has 1 aromatic heterocycles. The summed E-state index contributed by atoms with van der Waals surface area (Å²) in [6, 6.07) is 22.6. The van der Waals surface area contributed by atoms with E-state index in [1.807, 2.05) is 53.8 Å². The monoisotopic (exact) mass is 670 g/mol. The molecule has 0 fully saturated rings. The predicted molar refractivity (Wildman–Crippen MR) is 153 cm³/mol. The number of carbonyl (C=O) groups excluding carboxylic acids is 1. The largest absolute Gasteiger partial charge is 0.512 e. The molecule has 1 N–H and O–H groups in total. The molecule has 0 saturated heterocycles. The smallest absolute Gasteiger partial charge is 0.164 e. The van der Waals surface area contributed by atoms with E-state index < -0.39 is 5.41 Å². The minimum absolute atomic E-state index is 0. The summed E-state index contributed by atoms with van der Waals surface area (Å²) in [7, 11) is 0. The molecule has 37 heavy (non-hydrogen) atoms. The van der Waals surface area contributed by atoms with E-state index in [1.54, 1.807) is 0 Å². The maximum absolute atomic E-state index is 11.5. The Morgan fingerprint density at radius 2 is 1.46 bits per heavy atom. The molecule has 4 radical (unpaired) electrons. The number of pyridine rings is 1. The van der Waals surface area contributed by atoms with Gasteiger partial charge in [0.15, 0.2) is 5.78 Å². The fourth-order valence-electron chi connectivity index (χ4n) is 3.60. The Hall–Kier alpha value is -2.75. The molecular weight excluding hydrogens is 633 g/mol. The number of rotatable bonds is 2. The molecule has 194 valence electrons. The molecule has 5 heteroatoms. The number of ketones is 1. The molecule has 4 aromatic rings. The van der Waals surface area contributed by atoms with Crippen molar-refractivity contribution in [2.75, 3.05) is 0 Å². The van der Waals surface area contributed by atoms with E-state index in [0.29, 0.717) is 0 Å². The van der Waals surface area contributed by atoms with Crippen LogP contribution >= 0.6 is 0 Å². The van der Waals surface area contributed by atoms with Crippen LogP contribution in [0.1, 0.15) is 52.7 Å². The third-order valence-corrected chi connectivity index (χ3v) is 5.90. The van der Waals surface area contributed by atoms with Gasteiger partial charge >= 0.3 is 0 Å². The van der Waals surface area contributed by atoms with Crippen molar-refractivity contribution >= 4 is 35.7 Å². The maximum atomic E-state index is 11.5. The zero-order valence-corrected chi connectivity index (χ0v) is 25.5. The summed E-state index contributed by atoms with van der Waals surface area (Å²) < 4.78 is 0. The van der Waals surface area contributed by atoms with Crippen LogP contribution < -0.4 is 0 Å². The molecule has 0 saturated carbocycles. The second-order valence-corrected chi connectivity index (χ2v) is 11.2. The quantitative estimate of drug-likeness (QED) is 0.0771. The van der Waals surface area contributed by atoms with Crippen molar-refractivity contribution in [2.45, 2.75) is 55.4 Å². The average Bonchev–Trinajstić information content (AvgIpc) is 2.77. The number of hydrogen-bond acceptors (Lipinski definition) is 3. The van der Waals surface area contributed by atoms with Gasteiger partial charge in [0.25, 0.3) is 0 Å². The van der Waals surface area contributed by atoms with Crippen LogP contribution in [0.4, 0.5) is 0 Å². The van der Waals surface area contributed by atoms with E-state index in [0.717, 1.165) is 11.3 Å². The van der Waals surface area contributed by atoms with Crippen molar-refractivity contribution in [1.29, 1.82) is 0 Å². The molecule has 0 aliphatic heterocycles. The SMILES string of the molecule is CC(C)(C)C(=O)C=C(O)C(C)(C)C.Cc1cc[c-]c(-c2nccc3c2ccc2cc(C)ccc23)c1.[B].[Ir]. The molecule has 1 heterocycles. The summed E-state index contributed by atoms with van der Waals surface area (Å²) in [6.45, 7) is 15.3. The Morgan fingerprint density at radius 3 is 2.05 bits per heavy atom. The standard InChI is InChI=1S/C21H16N.C11H20O2.B.Ir/c1-14-4-3-5-17(13-14)21-20-9-7-16-12-15(2)6-8-18(16)19(20)10-11-22-21;1-10(2,3)8(12)7-9(13)11(4,5)6;;/h3-4,6-13H,1-2H3;7,12H,1-6H3;;/q-1;;;. The topological polar surface area (TPSA) is 50.2 Å². The molecule has 0 bridgehead atoms. The molecular formula is C32H36BIrNO2-. The zero-order valence-electron chi connectivity index (χ0n) is 23.1. The average molecular weight is 670 g/mol. The van der Waals surface area contributed by atoms with Crippen LogP contribution in [0, 0.1) is 30.7 Å². The Kier molecular flexibility index (Phi) is 11.1. The van der Waals surface area contributed by atoms with E-state index in [9.17, 15) is 9.90 Å². The van der Waals surface area contributed by atoms with Crippen LogP contribution in [0.15, 0.2) is 72.6 Å². The van der Waals surface area contributed by atoms with Gasteiger partial charge in [0.2, 0.25) is 0 Å². The van der Waals surface area contributed by atoms with Crippen molar-refractivity contribution < 1.29 is 30.0 Å². The van der Waals surface area contributed by atoms with Gasteiger partial charge < -0.3 is 10.1 Å². The summed E-state index contributed by atoms with van der Waals surface area (Å²) in [4.78, 5) is 16.1. The Morgan fingerprint density at radius 1 is 0.838 bits per heavy atom. The van der Waals surface area contributed by atoms with Gasteiger partial charge in [0, 0.05) is 51.6 Å². The fourth-order valence-corrected chi connectivity index (χ4v) is 3.60. The van der Waals surface area contributed by atoms with Gasteiger partial charge in [-0.3, -0.25) is 4.79 Å². The number of aliphatic hydroxyl groups excluding tert-OH is 1. The number of aromatic nitrogens is 1. The van der Waals surface area contributed by atoms with Gasteiger partial charge in [-0.1, -0.05) is 84.4 Å². The van der Waals surface area contributed by atoms with Crippen LogP contribution in [-0.4, -0.2) is 24.3 Å². The molecule has 3 aromatic carbocycles. The van der Waals surface area contributed by atoms with E-state index in [1.165, 1.54) is 38.7 Å². The summed E-state index contributed by atoms with van der Waals surface area (Å²) in [5, 5.41) is 14.5. The van der Waals surface area contributed by atoms with E-state index in [2.05, 4.69) is 73.4 Å². The van der Waals surface area contributed by atoms with Gasteiger partial charge in [-0.05, 0) is 40.2 Å². The number of allylic oxidation sites excluding steroid dienone is 2. The Labute approximate surface area is 237 Å². The molecule has 3 nitrogen and oxygen atoms in total. The van der Waals surface area contributed by atoms with Gasteiger partial charge in [0.1, 0.15) is 5.76 Å². The molecule has 0 aliphatic carbocycles. The van der Waals surface area contributed by atoms with Crippen LogP contribution in [0.2, 0.25) is 0 Å². The van der Waals surface area contributed by atoms with Crippen LogP contribution in [-0.2, 0) is 24.9 Å². The van der Waals surface area contributed by atoms with Crippen LogP contribution in [0.25, 0.3) is 32.8 Å². The molecule has 0 spiro atoms. The predicted octanol–water partition coefficient (Wildman–Crippen LogP) is 8.18. The molecule has 4 rings (SSSR count). The van der Waals surface area contributed by atoms with Crippen LogP contribution in [0.5, 0.6) is 0 Å². The number of aryl methyl sites for hydroxylation is 2. The van der Waals surface area contributed by atoms with Gasteiger partial charge in [-0.2, -0.15) is 0 Å². The third kappa shape index (κ3) is 8.12. The molecule has 0 amide bonds. The number of aliphatic hydroxyl groups is 1. The second-order valence-electron chi connectivity index (χ2n) is 11.2. The number of benzene rings is 3. The first-order chi connectivity index (χ1) is 16.3. The van der Waals surface area contributed by atoms with Gasteiger partial charge in [-0.25, -0.2) is 0 Å². The van der Waals surface area contributed by atoms with Crippen molar-refractivity contribution in [3.05, 3.63) is 89.8 Å². The number of fused-ring (bicyclic) bond motifs is 3. The number of hydrogen-bond donors (Lipinski definition) is 1. The van der Waals surface area contributed by atoms with E-state index >= 15 is 0 Å². The first kappa shape index (κ1) is 32.3. The first-order valence-electron chi connectivity index (χ1n) is 12.0. The van der Waals surface area contributed by atoms with Crippen molar-refractivity contribution in [3.63, 3.8) is 0 Å². The molecule has 0 unspecified atom stereocenters. The molecule has 0 aliphatic rings. The normalized spacial score (nSPS) is 11.7. The fraction of sp³-hybridized carbons (Fsp3) is 0.312. The zero-order chi connectivity index (χ0) is 26.0. The number of carbonyl (C=O) groups is 1. The summed E-state index contributed by atoms with van der Waals surface area (Å²) >= 11 is 0. The Balaban J connectivity index is 0.000000401. The van der Waals surface area contributed by atoms with Gasteiger partial charge in [-0.15, -0.1) is 35.4 Å².